The van der Waals surface area contributed by atoms with Crippen molar-refractivity contribution in [3.63, 3.8) is 0 Å². The molecule has 0 N–H and O–H groups in total. The van der Waals surface area contributed by atoms with Crippen molar-refractivity contribution in [1.29, 1.82) is 0 Å². The molecule has 24 heavy (non-hydrogen) atoms. The fourth-order valence-electron chi connectivity index (χ4n) is 2.73. The molecule has 1 aliphatic rings. The first-order chi connectivity index (χ1) is 11.6. The fraction of sp³-hybridized carbons (Fsp3) is 0.350. The maximum Gasteiger partial charge on any atom is 0.340 e. The van der Waals surface area contributed by atoms with E-state index in [1.54, 1.807) is 0 Å². The lowest BCUT2D eigenvalue weighted by atomic mass is 9.86. The standard InChI is InChI=1S/C20H21BrO3/c1-14-18(23-12-16-8-5-9-16)11-10-17(21)19(14)20(22)24-13-15-6-3-2-4-7-15/h2-4,6-7,10-11,16H,5,8-9,12-13H2,1H3. The number of halogens is 1. The van der Waals surface area contributed by atoms with E-state index in [4.69, 9.17) is 9.47 Å². The minimum atomic E-state index is -0.336. The van der Waals surface area contributed by atoms with Crippen LogP contribution >= 0.6 is 15.9 Å². The van der Waals surface area contributed by atoms with Gasteiger partial charge in [0, 0.05) is 10.0 Å². The van der Waals surface area contributed by atoms with Crippen molar-refractivity contribution in [3.8, 4) is 5.75 Å². The van der Waals surface area contributed by atoms with Crippen LogP contribution in [0.25, 0.3) is 0 Å². The third kappa shape index (κ3) is 3.99. The summed E-state index contributed by atoms with van der Waals surface area (Å²) in [7, 11) is 0. The SMILES string of the molecule is Cc1c(OCC2CCC2)ccc(Br)c1C(=O)OCc1ccccc1. The van der Waals surface area contributed by atoms with E-state index >= 15 is 0 Å². The van der Waals surface area contributed by atoms with Gasteiger partial charge < -0.3 is 9.47 Å². The number of esters is 1. The molecule has 3 nitrogen and oxygen atoms in total. The maximum absolute atomic E-state index is 12.5. The van der Waals surface area contributed by atoms with Crippen molar-refractivity contribution in [2.75, 3.05) is 6.61 Å². The van der Waals surface area contributed by atoms with Crippen LogP contribution in [0.2, 0.25) is 0 Å². The molecule has 2 aromatic rings. The number of rotatable bonds is 6. The van der Waals surface area contributed by atoms with Crippen LogP contribution in [0.15, 0.2) is 46.9 Å². The van der Waals surface area contributed by atoms with Gasteiger partial charge >= 0.3 is 5.97 Å². The number of benzene rings is 2. The van der Waals surface area contributed by atoms with Crippen molar-refractivity contribution >= 4 is 21.9 Å². The Morgan fingerprint density at radius 1 is 1.17 bits per heavy atom. The number of carbonyl (C=O) groups is 1. The molecule has 126 valence electrons. The molecule has 3 rings (SSSR count). The van der Waals surface area contributed by atoms with Gasteiger partial charge in [0.1, 0.15) is 12.4 Å². The zero-order valence-corrected chi connectivity index (χ0v) is 15.3. The molecule has 0 unspecified atom stereocenters. The number of hydrogen-bond donors (Lipinski definition) is 0. The minimum Gasteiger partial charge on any atom is -0.493 e. The van der Waals surface area contributed by atoms with E-state index in [-0.39, 0.29) is 12.6 Å². The van der Waals surface area contributed by atoms with Gasteiger partial charge in [-0.15, -0.1) is 0 Å². The molecule has 0 amide bonds. The summed E-state index contributed by atoms with van der Waals surface area (Å²) in [6.07, 6.45) is 3.77. The lowest BCUT2D eigenvalue weighted by Gasteiger charge is -2.25. The molecular weight excluding hydrogens is 368 g/mol. The molecule has 1 aliphatic carbocycles. The summed E-state index contributed by atoms with van der Waals surface area (Å²) in [5.74, 6) is 1.08. The molecule has 0 spiro atoms. The van der Waals surface area contributed by atoms with Gasteiger partial charge in [0.05, 0.1) is 12.2 Å². The molecule has 0 aromatic heterocycles. The second kappa shape index (κ2) is 7.84. The average Bonchev–Trinajstić information content (AvgIpc) is 2.54. The topological polar surface area (TPSA) is 35.5 Å². The summed E-state index contributed by atoms with van der Waals surface area (Å²) >= 11 is 3.46. The van der Waals surface area contributed by atoms with Crippen LogP contribution in [-0.2, 0) is 11.3 Å². The number of hydrogen-bond acceptors (Lipinski definition) is 3. The second-order valence-corrected chi connectivity index (χ2v) is 7.07. The van der Waals surface area contributed by atoms with Crippen molar-refractivity contribution in [2.24, 2.45) is 5.92 Å². The molecule has 4 heteroatoms. The minimum absolute atomic E-state index is 0.263. The van der Waals surface area contributed by atoms with E-state index in [0.29, 0.717) is 11.5 Å². The quantitative estimate of drug-likeness (QED) is 0.630. The molecule has 0 atom stereocenters. The summed E-state index contributed by atoms with van der Waals surface area (Å²) in [5, 5.41) is 0. The third-order valence-corrected chi connectivity index (χ3v) is 5.14. The first-order valence-electron chi connectivity index (χ1n) is 8.28. The van der Waals surface area contributed by atoms with Crippen LogP contribution in [0.4, 0.5) is 0 Å². The summed E-state index contributed by atoms with van der Waals surface area (Å²) in [5.41, 5.74) is 2.33. The van der Waals surface area contributed by atoms with Gasteiger partial charge in [-0.1, -0.05) is 36.8 Å². The maximum atomic E-state index is 12.5. The molecule has 0 radical (unpaired) electrons. The van der Waals surface area contributed by atoms with E-state index in [0.717, 1.165) is 28.0 Å². The van der Waals surface area contributed by atoms with Crippen molar-refractivity contribution < 1.29 is 14.3 Å². The Hall–Kier alpha value is -1.81. The van der Waals surface area contributed by atoms with Gasteiger partial charge in [0.25, 0.3) is 0 Å². The predicted octanol–water partition coefficient (Wildman–Crippen LogP) is 5.29. The number of ether oxygens (including phenoxy) is 2. The smallest absolute Gasteiger partial charge is 0.340 e. The zero-order valence-electron chi connectivity index (χ0n) is 13.8. The van der Waals surface area contributed by atoms with Gasteiger partial charge in [0.15, 0.2) is 0 Å². The van der Waals surface area contributed by atoms with Crippen LogP contribution in [-0.4, -0.2) is 12.6 Å². The summed E-state index contributed by atoms with van der Waals surface area (Å²) in [4.78, 5) is 12.5. The largest absolute Gasteiger partial charge is 0.493 e. The molecular formula is C20H21BrO3. The molecule has 0 heterocycles. The molecule has 1 fully saturated rings. The number of carbonyl (C=O) groups excluding carboxylic acids is 1. The van der Waals surface area contributed by atoms with Gasteiger partial charge in [-0.3, -0.25) is 0 Å². The van der Waals surface area contributed by atoms with Crippen LogP contribution in [0.3, 0.4) is 0 Å². The highest BCUT2D eigenvalue weighted by Crippen LogP contribution is 2.32. The molecule has 2 aromatic carbocycles. The molecule has 0 aliphatic heterocycles. The Morgan fingerprint density at radius 2 is 1.92 bits per heavy atom. The first-order valence-corrected chi connectivity index (χ1v) is 9.07. The van der Waals surface area contributed by atoms with Crippen LogP contribution in [0, 0.1) is 12.8 Å². The molecule has 0 bridgehead atoms. The first kappa shape index (κ1) is 17.0. The normalized spacial score (nSPS) is 14.1. The highest BCUT2D eigenvalue weighted by atomic mass is 79.9. The Labute approximate surface area is 151 Å². The van der Waals surface area contributed by atoms with Gasteiger partial charge in [0.2, 0.25) is 0 Å². The van der Waals surface area contributed by atoms with E-state index in [1.807, 2.05) is 49.4 Å². The van der Waals surface area contributed by atoms with Crippen molar-refractivity contribution in [1.82, 2.24) is 0 Å². The van der Waals surface area contributed by atoms with Gasteiger partial charge in [-0.05, 0) is 59.3 Å². The van der Waals surface area contributed by atoms with Crippen LogP contribution < -0.4 is 4.74 Å². The summed E-state index contributed by atoms with van der Waals surface area (Å²) in [6, 6.07) is 13.4. The zero-order chi connectivity index (χ0) is 16.9. The van der Waals surface area contributed by atoms with Crippen LogP contribution in [0.5, 0.6) is 5.75 Å². The predicted molar refractivity (Wildman–Crippen MR) is 97.3 cm³/mol. The van der Waals surface area contributed by atoms with E-state index in [1.165, 1.54) is 19.3 Å². The Balaban J connectivity index is 1.69. The fourth-order valence-corrected chi connectivity index (χ4v) is 3.32. The van der Waals surface area contributed by atoms with E-state index in [9.17, 15) is 4.79 Å². The van der Waals surface area contributed by atoms with Crippen LogP contribution in [0.1, 0.15) is 40.7 Å². The molecule has 0 saturated heterocycles. The Kier molecular flexibility index (Phi) is 5.56. The average molecular weight is 389 g/mol. The third-order valence-electron chi connectivity index (χ3n) is 4.48. The van der Waals surface area contributed by atoms with Gasteiger partial charge in [-0.2, -0.15) is 0 Å². The summed E-state index contributed by atoms with van der Waals surface area (Å²) in [6.45, 7) is 2.89. The Morgan fingerprint density at radius 3 is 2.58 bits per heavy atom. The lowest BCUT2D eigenvalue weighted by molar-refractivity contribution is 0.0470. The molecule has 1 saturated carbocycles. The second-order valence-electron chi connectivity index (χ2n) is 6.22. The van der Waals surface area contributed by atoms with E-state index < -0.39 is 0 Å². The monoisotopic (exact) mass is 388 g/mol. The highest BCUT2D eigenvalue weighted by molar-refractivity contribution is 9.10. The Bertz CT molecular complexity index is 708. The lowest BCUT2D eigenvalue weighted by Crippen LogP contribution is -2.20. The van der Waals surface area contributed by atoms with Gasteiger partial charge in [-0.25, -0.2) is 4.79 Å². The summed E-state index contributed by atoms with van der Waals surface area (Å²) < 4.78 is 12.1. The van der Waals surface area contributed by atoms with E-state index in [2.05, 4.69) is 15.9 Å². The van der Waals surface area contributed by atoms with Crippen molar-refractivity contribution in [2.45, 2.75) is 32.8 Å². The highest BCUT2D eigenvalue weighted by Gasteiger charge is 2.21. The van der Waals surface area contributed by atoms with Crippen molar-refractivity contribution in [3.05, 3.63) is 63.6 Å².